The van der Waals surface area contributed by atoms with Crippen LogP contribution in [0.3, 0.4) is 0 Å². The van der Waals surface area contributed by atoms with Crippen molar-refractivity contribution in [3.8, 4) is 0 Å². The monoisotopic (exact) mass is 852 g/mol. The molecule has 10 fully saturated rings. The number of amides is 2. The number of carbonyl (C=O) groups excluding carboxylic acids is 2. The van der Waals surface area contributed by atoms with Gasteiger partial charge >= 0.3 is 0 Å². The van der Waals surface area contributed by atoms with E-state index in [9.17, 15) is 9.59 Å². The number of hydrogen-bond donors (Lipinski definition) is 4. The van der Waals surface area contributed by atoms with Gasteiger partial charge in [-0.05, 0) is 161 Å². The van der Waals surface area contributed by atoms with Gasteiger partial charge in [-0.15, -0.1) is 0 Å². The van der Waals surface area contributed by atoms with Crippen LogP contribution in [0.1, 0.15) is 109 Å². The van der Waals surface area contributed by atoms with E-state index in [4.69, 9.17) is 11.3 Å². The summed E-state index contributed by atoms with van der Waals surface area (Å²) in [5.41, 5.74) is -1.63. The molecule has 2 heterocycles. The van der Waals surface area contributed by atoms with Gasteiger partial charge in [-0.1, -0.05) is 55.1 Å². The van der Waals surface area contributed by atoms with E-state index in [-0.39, 0.29) is 36.0 Å². The Balaban J connectivity index is 1.05. The van der Waals surface area contributed by atoms with Crippen LogP contribution < -0.4 is 21.3 Å². The summed E-state index contributed by atoms with van der Waals surface area (Å²) in [5, 5.41) is 11.2. The van der Waals surface area contributed by atoms with Crippen molar-refractivity contribution in [3.63, 3.8) is 0 Å². The summed E-state index contributed by atoms with van der Waals surface area (Å²) in [4.78, 5) is 29.3. The van der Waals surface area contributed by atoms with Crippen LogP contribution in [-0.2, 0) is 19.7 Å². The van der Waals surface area contributed by atoms with Crippen molar-refractivity contribution in [2.75, 3.05) is 46.1 Å². The third-order valence-corrected chi connectivity index (χ3v) is 17.2. The predicted molar refractivity (Wildman–Crippen MR) is 225 cm³/mol. The molecule has 0 spiro atoms. The van der Waals surface area contributed by atoms with E-state index in [0.717, 1.165) is 36.0 Å². The molecule has 11 rings (SSSR count). The molecule has 8 saturated carbocycles. The lowest BCUT2D eigenvalue weighted by atomic mass is 9.33. The van der Waals surface area contributed by atoms with Crippen LogP contribution in [0.5, 0.6) is 0 Å². The molecule has 0 aromatic heterocycles. The van der Waals surface area contributed by atoms with Gasteiger partial charge < -0.3 is 26.0 Å². The number of alkyl halides is 5. The van der Waals surface area contributed by atoms with Crippen molar-refractivity contribution in [1.82, 2.24) is 21.3 Å². The maximum atomic E-state index is 15.9. The first-order valence-electron chi connectivity index (χ1n) is 23.0. The summed E-state index contributed by atoms with van der Waals surface area (Å²) in [7, 11) is 0. The molecule has 10 atom stereocenters. The molecule has 2 amide bonds. The second-order valence-electron chi connectivity index (χ2n) is 21.7. The Morgan fingerprint density at radius 2 is 1.33 bits per heavy atom. The highest BCUT2D eigenvalue weighted by molar-refractivity contribution is 5.85. The summed E-state index contributed by atoms with van der Waals surface area (Å²) in [6.45, 7) is 8.97. The number of hydrogen-bond acceptors (Lipinski definition) is 5. The van der Waals surface area contributed by atoms with E-state index in [1.807, 2.05) is 32.0 Å². The largest absolute Gasteiger partial charge is 0.381 e. The molecule has 0 radical (unpaired) electrons. The number of ether oxygens (including phenoxy) is 1. The van der Waals surface area contributed by atoms with Gasteiger partial charge in [-0.3, -0.25) is 14.0 Å². The third-order valence-electron chi connectivity index (χ3n) is 17.2. The van der Waals surface area contributed by atoms with Gasteiger partial charge in [0, 0.05) is 12.0 Å². The maximum Gasteiger partial charge on any atom is 0.280 e. The van der Waals surface area contributed by atoms with Crippen molar-refractivity contribution in [2.24, 2.45) is 38.4 Å². The molecule has 1 aromatic rings. The SMILES string of the molecule is C=C(/C=C\C(=C/C)C12CC3(C(=O)NC4CCNCC4(F)F)C[C@](CF)(C1)C[C@@](c1ccccc1)(C3)C2)[C@]12CC3CC(C(=O)NC4CCNCC4(F)F)(C[C@](COCC)(C3)C1)C2. The summed E-state index contributed by atoms with van der Waals surface area (Å²) in [5.74, 6) is -6.59. The molecule has 8 aliphatic carbocycles. The van der Waals surface area contributed by atoms with Crippen molar-refractivity contribution in [3.05, 3.63) is 71.8 Å². The molecule has 2 saturated heterocycles. The maximum absolute atomic E-state index is 15.9. The Labute approximate surface area is 357 Å². The fourth-order valence-electron chi connectivity index (χ4n) is 16.0. The van der Waals surface area contributed by atoms with Gasteiger partial charge in [-0.2, -0.15) is 0 Å². The van der Waals surface area contributed by atoms with Crippen LogP contribution in [0.25, 0.3) is 0 Å². The van der Waals surface area contributed by atoms with E-state index in [1.54, 1.807) is 0 Å². The smallest absolute Gasteiger partial charge is 0.280 e. The average molecular weight is 853 g/mol. The molecule has 6 unspecified atom stereocenters. The number of piperidine rings is 2. The predicted octanol–water partition coefficient (Wildman–Crippen LogP) is 8.51. The van der Waals surface area contributed by atoms with Gasteiger partial charge in [0.1, 0.15) is 0 Å². The number of halogens is 5. The second kappa shape index (κ2) is 15.0. The lowest BCUT2D eigenvalue weighted by molar-refractivity contribution is -0.183. The van der Waals surface area contributed by atoms with E-state index >= 15 is 22.0 Å². The van der Waals surface area contributed by atoms with Crippen LogP contribution >= 0.6 is 0 Å². The van der Waals surface area contributed by atoms with Crippen molar-refractivity contribution in [1.29, 1.82) is 0 Å². The minimum absolute atomic E-state index is 0.116. The quantitative estimate of drug-likeness (QED) is 0.118. The zero-order valence-electron chi connectivity index (χ0n) is 36.0. The van der Waals surface area contributed by atoms with Crippen LogP contribution in [0.2, 0.25) is 0 Å². The highest BCUT2D eigenvalue weighted by Crippen LogP contribution is 2.76. The lowest BCUT2D eigenvalue weighted by Crippen LogP contribution is -2.68. The Kier molecular flexibility index (Phi) is 10.6. The highest BCUT2D eigenvalue weighted by Gasteiger charge is 2.72. The molecular weight excluding hydrogens is 788 g/mol. The molecule has 7 nitrogen and oxygen atoms in total. The third kappa shape index (κ3) is 7.15. The van der Waals surface area contributed by atoms with Crippen LogP contribution in [0.15, 0.2) is 66.3 Å². The Morgan fingerprint density at radius 1 is 0.754 bits per heavy atom. The molecule has 1 aromatic carbocycles. The molecule has 8 bridgehead atoms. The van der Waals surface area contributed by atoms with Gasteiger partial charge in [0.15, 0.2) is 0 Å². The molecule has 334 valence electrons. The number of carbonyl (C=O) groups is 2. The van der Waals surface area contributed by atoms with Crippen LogP contribution in [0.4, 0.5) is 22.0 Å². The Hall–Kier alpha value is -3.09. The first kappa shape index (κ1) is 43.2. The van der Waals surface area contributed by atoms with Crippen molar-refractivity contribution >= 4 is 11.8 Å². The second-order valence-corrected chi connectivity index (χ2v) is 21.7. The molecule has 10 aliphatic rings. The normalized spacial score (nSPS) is 43.1. The Bertz CT molecular complexity index is 1980. The summed E-state index contributed by atoms with van der Waals surface area (Å²) < 4.78 is 82.8. The highest BCUT2D eigenvalue weighted by atomic mass is 19.3. The zero-order valence-corrected chi connectivity index (χ0v) is 36.0. The van der Waals surface area contributed by atoms with Gasteiger partial charge in [-0.25, -0.2) is 17.6 Å². The fraction of sp³-hybridized carbons (Fsp3) is 0.714. The van der Waals surface area contributed by atoms with Crippen molar-refractivity contribution in [2.45, 2.75) is 133 Å². The number of benzene rings is 1. The standard InChI is InChI=1S/C49H65F5N4O3/c1-4-35(12-11-33(3)43-18-34-17-41(20-43,32-61-5-2)21-44(19-34,25-43)39(59)57-37-13-15-55-30-48(37,51)52)45-22-42(29-50)23-46(26-45,36-9-7-6-8-10-36)28-47(24-42,27-45)40(60)58-38-14-16-56-31-49(38,53)54/h4,6-12,34,37-38,55-56H,3,5,13-32H2,1-2H3,(H,57,59)(H,58,60)/b12-11-,35-4+/t34?,37?,38?,41-,42-,43+,44?,45?,46-,47?/m0/s1. The molecule has 4 N–H and O–H groups in total. The molecular formula is C49H65F5N4O3. The van der Waals surface area contributed by atoms with Crippen LogP contribution in [-0.4, -0.2) is 81.8 Å². The number of nitrogens with one attached hydrogen (secondary N) is 4. The van der Waals surface area contributed by atoms with Crippen molar-refractivity contribution < 1.29 is 36.3 Å². The Morgan fingerprint density at radius 3 is 1.95 bits per heavy atom. The minimum Gasteiger partial charge on any atom is -0.381 e. The van der Waals surface area contributed by atoms with E-state index in [0.29, 0.717) is 84.1 Å². The van der Waals surface area contributed by atoms with Gasteiger partial charge in [0.05, 0.1) is 49.3 Å². The topological polar surface area (TPSA) is 91.5 Å². The first-order chi connectivity index (χ1) is 28.9. The van der Waals surface area contributed by atoms with E-state index in [2.05, 4.69) is 51.6 Å². The summed E-state index contributed by atoms with van der Waals surface area (Å²) >= 11 is 0. The fourth-order valence-corrected chi connectivity index (χ4v) is 16.0. The van der Waals surface area contributed by atoms with E-state index < -0.39 is 76.2 Å². The van der Waals surface area contributed by atoms with E-state index in [1.165, 1.54) is 0 Å². The lowest BCUT2D eigenvalue weighted by Gasteiger charge is -2.70. The average Bonchev–Trinajstić information content (AvgIpc) is 3.21. The molecule has 12 heteroatoms. The van der Waals surface area contributed by atoms with Gasteiger partial charge in [0.25, 0.3) is 11.8 Å². The first-order valence-corrected chi connectivity index (χ1v) is 23.0. The summed E-state index contributed by atoms with van der Waals surface area (Å²) in [6, 6.07) is 7.57. The summed E-state index contributed by atoms with van der Waals surface area (Å²) in [6.07, 6.45) is 14.0. The number of allylic oxidation sites excluding steroid dienone is 5. The minimum atomic E-state index is -3.10. The molecule has 61 heavy (non-hydrogen) atoms. The number of rotatable bonds is 13. The zero-order chi connectivity index (χ0) is 43.2. The molecule has 2 aliphatic heterocycles. The van der Waals surface area contributed by atoms with Gasteiger partial charge in [0.2, 0.25) is 11.8 Å². The van der Waals surface area contributed by atoms with Crippen LogP contribution in [0, 0.1) is 38.4 Å².